The van der Waals surface area contributed by atoms with E-state index < -0.39 is 0 Å². The number of aromatic nitrogens is 4. The van der Waals surface area contributed by atoms with Gasteiger partial charge in [0.15, 0.2) is 5.65 Å². The van der Waals surface area contributed by atoms with Crippen LogP contribution in [0.15, 0.2) is 30.5 Å². The van der Waals surface area contributed by atoms with Crippen molar-refractivity contribution >= 4 is 11.0 Å². The van der Waals surface area contributed by atoms with Gasteiger partial charge in [-0.05, 0) is 31.5 Å². The Balaban J connectivity index is 2.01. The Bertz CT molecular complexity index is 811. The summed E-state index contributed by atoms with van der Waals surface area (Å²) < 4.78 is 7.00. The van der Waals surface area contributed by atoms with Gasteiger partial charge in [-0.2, -0.15) is 10.1 Å². The SMILES string of the molecule is COc1cccc(Cc2nc(O)c3cnn(C(C)C)c3n2)c1. The zero-order valence-corrected chi connectivity index (χ0v) is 12.8. The lowest BCUT2D eigenvalue weighted by Gasteiger charge is -2.08. The minimum absolute atomic E-state index is 0.0326. The van der Waals surface area contributed by atoms with E-state index in [9.17, 15) is 5.11 Å². The first-order chi connectivity index (χ1) is 10.6. The first kappa shape index (κ1) is 14.3. The topological polar surface area (TPSA) is 73.1 Å². The van der Waals surface area contributed by atoms with E-state index in [0.29, 0.717) is 23.3 Å². The van der Waals surface area contributed by atoms with Crippen LogP contribution in [-0.4, -0.2) is 32.0 Å². The highest BCUT2D eigenvalue weighted by atomic mass is 16.5. The molecule has 0 atom stereocenters. The molecule has 0 saturated heterocycles. The number of aromatic hydroxyl groups is 1. The van der Waals surface area contributed by atoms with E-state index in [0.717, 1.165) is 11.3 Å². The van der Waals surface area contributed by atoms with Crippen molar-refractivity contribution in [1.29, 1.82) is 0 Å². The first-order valence-corrected chi connectivity index (χ1v) is 7.14. The predicted octanol–water partition coefficient (Wildman–Crippen LogP) is 2.71. The highest BCUT2D eigenvalue weighted by Crippen LogP contribution is 2.24. The molecule has 3 aromatic rings. The molecule has 2 heterocycles. The molecule has 0 radical (unpaired) electrons. The molecule has 0 saturated carbocycles. The number of methoxy groups -OCH3 is 1. The van der Waals surface area contributed by atoms with Crippen molar-refractivity contribution in [2.75, 3.05) is 7.11 Å². The summed E-state index contributed by atoms with van der Waals surface area (Å²) in [5.41, 5.74) is 1.68. The summed E-state index contributed by atoms with van der Waals surface area (Å²) in [6.07, 6.45) is 2.12. The third-order valence-electron chi connectivity index (χ3n) is 3.47. The Hall–Kier alpha value is -2.63. The molecular weight excluding hydrogens is 280 g/mol. The van der Waals surface area contributed by atoms with Gasteiger partial charge in [0, 0.05) is 12.5 Å². The van der Waals surface area contributed by atoms with Gasteiger partial charge in [0.25, 0.3) is 0 Å². The molecule has 0 aliphatic carbocycles. The highest BCUT2D eigenvalue weighted by molar-refractivity contribution is 5.79. The lowest BCUT2D eigenvalue weighted by atomic mass is 10.1. The van der Waals surface area contributed by atoms with Crippen LogP contribution < -0.4 is 4.74 Å². The molecule has 0 unspecified atom stereocenters. The number of rotatable bonds is 4. The normalized spacial score (nSPS) is 11.3. The van der Waals surface area contributed by atoms with Crippen molar-refractivity contribution in [2.24, 2.45) is 0 Å². The second kappa shape index (κ2) is 5.63. The standard InChI is InChI=1S/C16H18N4O2/c1-10(2)20-15-13(9-17-20)16(21)19-14(18-15)8-11-5-4-6-12(7-11)22-3/h4-7,9-10H,8H2,1-3H3,(H,18,19,21). The van der Waals surface area contributed by atoms with Crippen LogP contribution in [0.1, 0.15) is 31.3 Å². The van der Waals surface area contributed by atoms with Crippen molar-refractivity contribution in [3.05, 3.63) is 41.9 Å². The molecule has 0 spiro atoms. The summed E-state index contributed by atoms with van der Waals surface area (Å²) in [6, 6.07) is 7.89. The molecule has 1 N–H and O–H groups in total. The Morgan fingerprint density at radius 1 is 1.27 bits per heavy atom. The van der Waals surface area contributed by atoms with Crippen LogP contribution in [0, 0.1) is 0 Å². The third-order valence-corrected chi connectivity index (χ3v) is 3.47. The molecule has 1 aromatic carbocycles. The highest BCUT2D eigenvalue weighted by Gasteiger charge is 2.14. The summed E-state index contributed by atoms with van der Waals surface area (Å²) in [6.45, 7) is 4.04. The zero-order chi connectivity index (χ0) is 15.7. The van der Waals surface area contributed by atoms with E-state index in [4.69, 9.17) is 4.74 Å². The summed E-state index contributed by atoms with van der Waals surface area (Å²) >= 11 is 0. The van der Waals surface area contributed by atoms with Crippen LogP contribution in [0.4, 0.5) is 0 Å². The van der Waals surface area contributed by atoms with E-state index in [1.54, 1.807) is 18.0 Å². The molecule has 2 aromatic heterocycles. The molecule has 0 aliphatic heterocycles. The van der Waals surface area contributed by atoms with Crippen LogP contribution >= 0.6 is 0 Å². The zero-order valence-electron chi connectivity index (χ0n) is 12.8. The monoisotopic (exact) mass is 298 g/mol. The fourth-order valence-electron chi connectivity index (χ4n) is 2.38. The predicted molar refractivity (Wildman–Crippen MR) is 83.2 cm³/mol. The van der Waals surface area contributed by atoms with Crippen molar-refractivity contribution in [3.63, 3.8) is 0 Å². The van der Waals surface area contributed by atoms with Crippen molar-refractivity contribution in [2.45, 2.75) is 26.3 Å². The van der Waals surface area contributed by atoms with Gasteiger partial charge in [-0.15, -0.1) is 0 Å². The van der Waals surface area contributed by atoms with Gasteiger partial charge in [-0.3, -0.25) is 0 Å². The lowest BCUT2D eigenvalue weighted by Crippen LogP contribution is -2.05. The largest absolute Gasteiger partial charge is 0.497 e. The minimum atomic E-state index is -0.0326. The Morgan fingerprint density at radius 3 is 2.82 bits per heavy atom. The lowest BCUT2D eigenvalue weighted by molar-refractivity contribution is 0.414. The molecule has 0 aliphatic rings. The quantitative estimate of drug-likeness (QED) is 0.801. The number of hydrogen-bond acceptors (Lipinski definition) is 5. The van der Waals surface area contributed by atoms with Crippen LogP contribution in [-0.2, 0) is 6.42 Å². The summed E-state index contributed by atoms with van der Waals surface area (Å²) in [4.78, 5) is 8.73. The van der Waals surface area contributed by atoms with Gasteiger partial charge in [-0.25, -0.2) is 9.67 Å². The Morgan fingerprint density at radius 2 is 2.09 bits per heavy atom. The maximum absolute atomic E-state index is 10.1. The Labute approximate surface area is 128 Å². The third kappa shape index (κ3) is 2.59. The fraction of sp³-hybridized carbons (Fsp3) is 0.312. The molecule has 6 heteroatoms. The molecule has 114 valence electrons. The summed E-state index contributed by atoms with van der Waals surface area (Å²) in [5.74, 6) is 1.31. The number of hydrogen-bond donors (Lipinski definition) is 1. The number of nitrogens with zero attached hydrogens (tertiary/aromatic N) is 4. The molecule has 0 bridgehead atoms. The number of ether oxygens (including phenoxy) is 1. The average Bonchev–Trinajstić information content (AvgIpc) is 2.92. The second-order valence-electron chi connectivity index (χ2n) is 5.41. The molecule has 22 heavy (non-hydrogen) atoms. The van der Waals surface area contributed by atoms with Crippen molar-refractivity contribution in [3.8, 4) is 11.6 Å². The fourth-order valence-corrected chi connectivity index (χ4v) is 2.38. The van der Waals surface area contributed by atoms with Crippen molar-refractivity contribution < 1.29 is 9.84 Å². The summed E-state index contributed by atoms with van der Waals surface area (Å²) in [5, 5.41) is 14.9. The molecule has 3 rings (SSSR count). The molecule has 0 amide bonds. The molecule has 0 fully saturated rings. The summed E-state index contributed by atoms with van der Waals surface area (Å²) in [7, 11) is 1.63. The van der Waals surface area contributed by atoms with Gasteiger partial charge in [-0.1, -0.05) is 12.1 Å². The maximum atomic E-state index is 10.1. The average molecular weight is 298 g/mol. The Kier molecular flexibility index (Phi) is 3.66. The van der Waals surface area contributed by atoms with Gasteiger partial charge < -0.3 is 9.84 Å². The van der Waals surface area contributed by atoms with Gasteiger partial charge in [0.05, 0.1) is 13.3 Å². The maximum Gasteiger partial charge on any atom is 0.225 e. The van der Waals surface area contributed by atoms with E-state index in [2.05, 4.69) is 15.1 Å². The van der Waals surface area contributed by atoms with Gasteiger partial charge >= 0.3 is 0 Å². The van der Waals surface area contributed by atoms with E-state index in [1.165, 1.54) is 0 Å². The number of fused-ring (bicyclic) bond motifs is 1. The van der Waals surface area contributed by atoms with Crippen LogP contribution in [0.25, 0.3) is 11.0 Å². The first-order valence-electron chi connectivity index (χ1n) is 7.14. The van der Waals surface area contributed by atoms with E-state index in [-0.39, 0.29) is 11.9 Å². The minimum Gasteiger partial charge on any atom is -0.497 e. The molecular formula is C16H18N4O2. The van der Waals surface area contributed by atoms with Crippen molar-refractivity contribution in [1.82, 2.24) is 19.7 Å². The van der Waals surface area contributed by atoms with E-state index in [1.807, 2.05) is 38.1 Å². The molecule has 6 nitrogen and oxygen atoms in total. The van der Waals surface area contributed by atoms with E-state index >= 15 is 0 Å². The van der Waals surface area contributed by atoms with Gasteiger partial charge in [0.1, 0.15) is 17.0 Å². The van der Waals surface area contributed by atoms with Crippen LogP contribution in [0.2, 0.25) is 0 Å². The van der Waals surface area contributed by atoms with Gasteiger partial charge in [0.2, 0.25) is 5.88 Å². The second-order valence-corrected chi connectivity index (χ2v) is 5.41. The smallest absolute Gasteiger partial charge is 0.225 e. The van der Waals surface area contributed by atoms with Crippen LogP contribution in [0.3, 0.4) is 0 Å². The van der Waals surface area contributed by atoms with Crippen LogP contribution in [0.5, 0.6) is 11.6 Å². The number of benzene rings is 1.